The molecule has 0 fully saturated rings. The maximum atomic E-state index is 6.09. The SMILES string of the molecule is C=CCNc1ncnc(Nc2nc3c(C)cccc3s2)c1N. The maximum Gasteiger partial charge on any atom is 0.189 e. The molecule has 7 heteroatoms. The predicted molar refractivity (Wildman–Crippen MR) is 92.8 cm³/mol. The van der Waals surface area contributed by atoms with Gasteiger partial charge in [-0.2, -0.15) is 0 Å². The largest absolute Gasteiger partial charge is 0.393 e. The zero-order valence-corrected chi connectivity index (χ0v) is 12.9. The van der Waals surface area contributed by atoms with E-state index in [1.165, 1.54) is 6.33 Å². The lowest BCUT2D eigenvalue weighted by Crippen LogP contribution is -2.07. The van der Waals surface area contributed by atoms with E-state index in [9.17, 15) is 0 Å². The first-order chi connectivity index (χ1) is 10.7. The van der Waals surface area contributed by atoms with Crippen molar-refractivity contribution in [2.45, 2.75) is 6.92 Å². The number of aromatic nitrogens is 3. The average Bonchev–Trinajstić information content (AvgIpc) is 2.92. The molecule has 3 rings (SSSR count). The zero-order chi connectivity index (χ0) is 15.5. The molecule has 1 aromatic carbocycles. The van der Waals surface area contributed by atoms with Gasteiger partial charge in [-0.15, -0.1) is 6.58 Å². The van der Waals surface area contributed by atoms with Crippen LogP contribution in [0.3, 0.4) is 0 Å². The molecular formula is C15H16N6S. The molecule has 0 bridgehead atoms. The summed E-state index contributed by atoms with van der Waals surface area (Å²) in [5.74, 6) is 1.12. The van der Waals surface area contributed by atoms with E-state index in [2.05, 4.69) is 32.2 Å². The molecule has 6 nitrogen and oxygen atoms in total. The second-order valence-corrected chi connectivity index (χ2v) is 5.75. The number of hydrogen-bond acceptors (Lipinski definition) is 7. The Balaban J connectivity index is 1.91. The molecule has 0 spiro atoms. The van der Waals surface area contributed by atoms with E-state index in [1.54, 1.807) is 17.4 Å². The van der Waals surface area contributed by atoms with Crippen LogP contribution >= 0.6 is 11.3 Å². The van der Waals surface area contributed by atoms with Gasteiger partial charge >= 0.3 is 0 Å². The molecule has 112 valence electrons. The molecule has 2 aromatic heterocycles. The summed E-state index contributed by atoms with van der Waals surface area (Å²) in [5.41, 5.74) is 8.68. The molecule has 0 unspecified atom stereocenters. The quantitative estimate of drug-likeness (QED) is 0.626. The minimum absolute atomic E-state index is 0.459. The van der Waals surface area contributed by atoms with Crippen LogP contribution in [0.4, 0.5) is 22.5 Å². The van der Waals surface area contributed by atoms with Crippen molar-refractivity contribution in [3.8, 4) is 0 Å². The molecule has 4 N–H and O–H groups in total. The Labute approximate surface area is 132 Å². The number of para-hydroxylation sites is 1. The van der Waals surface area contributed by atoms with Gasteiger partial charge in [-0.1, -0.05) is 29.5 Å². The molecule has 0 amide bonds. The highest BCUT2D eigenvalue weighted by atomic mass is 32.1. The number of nitrogens with two attached hydrogens (primary N) is 1. The average molecular weight is 312 g/mol. The summed E-state index contributed by atoms with van der Waals surface area (Å²) in [7, 11) is 0. The van der Waals surface area contributed by atoms with Gasteiger partial charge in [0.05, 0.1) is 10.2 Å². The van der Waals surface area contributed by atoms with Crippen LogP contribution in [-0.2, 0) is 0 Å². The van der Waals surface area contributed by atoms with Gasteiger partial charge in [-0.3, -0.25) is 0 Å². The topological polar surface area (TPSA) is 88.8 Å². The van der Waals surface area contributed by atoms with Crippen LogP contribution in [0.1, 0.15) is 5.56 Å². The third kappa shape index (κ3) is 2.71. The lowest BCUT2D eigenvalue weighted by molar-refractivity contribution is 1.14. The van der Waals surface area contributed by atoms with Crippen molar-refractivity contribution >= 4 is 44.0 Å². The van der Waals surface area contributed by atoms with Crippen LogP contribution in [0.2, 0.25) is 0 Å². The summed E-state index contributed by atoms with van der Waals surface area (Å²) in [6.45, 7) is 6.29. The number of thiazole rings is 1. The summed E-state index contributed by atoms with van der Waals surface area (Å²) >= 11 is 1.56. The molecule has 0 radical (unpaired) electrons. The lowest BCUT2D eigenvalue weighted by Gasteiger charge is -2.09. The number of anilines is 4. The summed E-state index contributed by atoms with van der Waals surface area (Å²) in [6.07, 6.45) is 3.20. The molecule has 0 aliphatic carbocycles. The van der Waals surface area contributed by atoms with Crippen molar-refractivity contribution in [2.75, 3.05) is 22.9 Å². The highest BCUT2D eigenvalue weighted by molar-refractivity contribution is 7.22. The monoisotopic (exact) mass is 312 g/mol. The Morgan fingerprint density at radius 1 is 1.32 bits per heavy atom. The van der Waals surface area contributed by atoms with Gasteiger partial charge in [-0.05, 0) is 18.6 Å². The standard InChI is InChI=1S/C15H16N6S/c1-3-7-17-13-11(16)14(19-8-18-13)21-15-20-12-9(2)5-4-6-10(12)22-15/h3-6,8H,1,7,16H2,2H3,(H2,17,18,19,20,21). The predicted octanol–water partition coefficient (Wildman–Crippen LogP) is 3.32. The molecule has 22 heavy (non-hydrogen) atoms. The zero-order valence-electron chi connectivity index (χ0n) is 12.1. The lowest BCUT2D eigenvalue weighted by atomic mass is 10.2. The second kappa shape index (κ2) is 5.98. The van der Waals surface area contributed by atoms with Crippen LogP contribution in [0.5, 0.6) is 0 Å². The van der Waals surface area contributed by atoms with Crippen molar-refractivity contribution < 1.29 is 0 Å². The Kier molecular flexibility index (Phi) is 3.88. The van der Waals surface area contributed by atoms with Crippen LogP contribution < -0.4 is 16.4 Å². The van der Waals surface area contributed by atoms with Gasteiger partial charge in [0.15, 0.2) is 16.8 Å². The number of aryl methyl sites for hydroxylation is 1. The van der Waals surface area contributed by atoms with Gasteiger partial charge in [0.25, 0.3) is 0 Å². The Morgan fingerprint density at radius 3 is 2.91 bits per heavy atom. The highest BCUT2D eigenvalue weighted by Gasteiger charge is 2.11. The summed E-state index contributed by atoms with van der Waals surface area (Å²) in [6, 6.07) is 6.11. The Hall–Kier alpha value is -2.67. The fourth-order valence-corrected chi connectivity index (χ4v) is 2.99. The van der Waals surface area contributed by atoms with Crippen LogP contribution in [0.25, 0.3) is 10.2 Å². The van der Waals surface area contributed by atoms with Crippen molar-refractivity contribution in [1.29, 1.82) is 0 Å². The van der Waals surface area contributed by atoms with E-state index in [0.29, 0.717) is 23.9 Å². The van der Waals surface area contributed by atoms with Gasteiger partial charge < -0.3 is 16.4 Å². The number of benzene rings is 1. The van der Waals surface area contributed by atoms with Crippen LogP contribution in [0.15, 0.2) is 37.2 Å². The number of rotatable bonds is 5. The third-order valence-electron chi connectivity index (χ3n) is 3.14. The van der Waals surface area contributed by atoms with E-state index in [1.807, 2.05) is 25.1 Å². The molecular weight excluding hydrogens is 296 g/mol. The van der Waals surface area contributed by atoms with Gasteiger partial charge in [0.2, 0.25) is 0 Å². The fraction of sp³-hybridized carbons (Fsp3) is 0.133. The molecule has 0 saturated heterocycles. The van der Waals surface area contributed by atoms with Crippen LogP contribution in [-0.4, -0.2) is 21.5 Å². The number of fused-ring (bicyclic) bond motifs is 1. The molecule has 0 aliphatic rings. The van der Waals surface area contributed by atoms with Gasteiger partial charge in [-0.25, -0.2) is 15.0 Å². The van der Waals surface area contributed by atoms with Gasteiger partial charge in [0.1, 0.15) is 12.0 Å². The summed E-state index contributed by atoms with van der Waals surface area (Å²) in [4.78, 5) is 12.9. The van der Waals surface area contributed by atoms with E-state index in [4.69, 9.17) is 5.73 Å². The number of nitrogens with one attached hydrogen (secondary N) is 2. The first-order valence-corrected chi connectivity index (χ1v) is 7.59. The molecule has 2 heterocycles. The van der Waals surface area contributed by atoms with Gasteiger partial charge in [0, 0.05) is 6.54 Å². The highest BCUT2D eigenvalue weighted by Crippen LogP contribution is 2.32. The number of hydrogen-bond donors (Lipinski definition) is 3. The molecule has 3 aromatic rings. The smallest absolute Gasteiger partial charge is 0.189 e. The van der Waals surface area contributed by atoms with E-state index >= 15 is 0 Å². The Bertz CT molecular complexity index is 826. The number of nitrogen functional groups attached to an aromatic ring is 1. The Morgan fingerprint density at radius 2 is 2.14 bits per heavy atom. The van der Waals surface area contributed by atoms with Crippen molar-refractivity contribution in [3.05, 3.63) is 42.7 Å². The molecule has 0 aliphatic heterocycles. The normalized spacial score (nSPS) is 10.6. The van der Waals surface area contributed by atoms with E-state index in [-0.39, 0.29) is 0 Å². The number of nitrogens with zero attached hydrogens (tertiary/aromatic N) is 3. The van der Waals surface area contributed by atoms with E-state index < -0.39 is 0 Å². The summed E-state index contributed by atoms with van der Waals surface area (Å²) in [5, 5.41) is 7.00. The minimum atomic E-state index is 0.459. The van der Waals surface area contributed by atoms with Crippen molar-refractivity contribution in [2.24, 2.45) is 0 Å². The van der Waals surface area contributed by atoms with E-state index in [0.717, 1.165) is 20.9 Å². The van der Waals surface area contributed by atoms with Crippen molar-refractivity contribution in [1.82, 2.24) is 15.0 Å². The summed E-state index contributed by atoms with van der Waals surface area (Å²) < 4.78 is 1.13. The molecule has 0 atom stereocenters. The first kappa shape index (κ1) is 14.3. The maximum absolute atomic E-state index is 6.09. The third-order valence-corrected chi connectivity index (χ3v) is 4.08. The molecule has 0 saturated carbocycles. The first-order valence-electron chi connectivity index (χ1n) is 6.77. The van der Waals surface area contributed by atoms with Crippen LogP contribution in [0, 0.1) is 6.92 Å². The fourth-order valence-electron chi connectivity index (χ4n) is 2.05. The second-order valence-electron chi connectivity index (χ2n) is 4.72. The minimum Gasteiger partial charge on any atom is -0.393 e. The van der Waals surface area contributed by atoms with Crippen molar-refractivity contribution in [3.63, 3.8) is 0 Å².